The molecule has 0 N–H and O–H groups in total. The minimum absolute atomic E-state index is 0.105. The van der Waals surface area contributed by atoms with Crippen molar-refractivity contribution >= 4 is 5.78 Å². The average Bonchev–Trinajstić information content (AvgIpc) is 2.74. The zero-order valence-corrected chi connectivity index (χ0v) is 9.13. The van der Waals surface area contributed by atoms with Crippen LogP contribution in [0.5, 0.6) is 0 Å². The van der Waals surface area contributed by atoms with Gasteiger partial charge in [-0.3, -0.25) is 4.79 Å². The third-order valence-electron chi connectivity index (χ3n) is 3.26. The first kappa shape index (κ1) is 10.2. The topological polar surface area (TPSA) is 84.3 Å². The summed E-state index contributed by atoms with van der Waals surface area (Å²) in [7, 11) is 0. The molecule has 88 valence electrons. The molecule has 2 atom stereocenters. The number of ketones is 1. The molecule has 0 aromatic rings. The maximum Gasteiger partial charge on any atom is 0.208 e. The summed E-state index contributed by atoms with van der Waals surface area (Å²) < 4.78 is 10.9. The van der Waals surface area contributed by atoms with E-state index < -0.39 is 12.0 Å². The minimum Gasteiger partial charge on any atom is -0.497 e. The van der Waals surface area contributed by atoms with Gasteiger partial charge in [-0.15, -0.1) is 0 Å². The molecule has 1 fully saturated rings. The van der Waals surface area contributed by atoms with Crippen molar-refractivity contribution in [3.05, 3.63) is 33.6 Å². The molecule has 0 saturated carbocycles. The molecule has 0 aromatic carbocycles. The largest absolute Gasteiger partial charge is 0.497 e. The van der Waals surface area contributed by atoms with E-state index in [0.29, 0.717) is 18.1 Å². The van der Waals surface area contributed by atoms with E-state index in [9.17, 15) is 4.79 Å². The van der Waals surface area contributed by atoms with Gasteiger partial charge in [0.25, 0.3) is 0 Å². The van der Waals surface area contributed by atoms with Crippen LogP contribution in [0.3, 0.4) is 0 Å². The van der Waals surface area contributed by atoms with E-state index in [1.54, 1.807) is 0 Å². The fourth-order valence-electron chi connectivity index (χ4n) is 2.48. The molecule has 0 radical (unpaired) electrons. The summed E-state index contributed by atoms with van der Waals surface area (Å²) in [6, 6.07) is -0.446. The second kappa shape index (κ2) is 3.82. The van der Waals surface area contributed by atoms with E-state index in [1.165, 1.54) is 0 Å². The van der Waals surface area contributed by atoms with Gasteiger partial charge in [0.2, 0.25) is 5.78 Å². The van der Waals surface area contributed by atoms with E-state index >= 15 is 0 Å². The van der Waals surface area contributed by atoms with Gasteiger partial charge in [-0.2, -0.15) is 0 Å². The summed E-state index contributed by atoms with van der Waals surface area (Å²) in [5, 5.41) is 3.61. The van der Waals surface area contributed by atoms with Crippen molar-refractivity contribution < 1.29 is 14.3 Å². The molecule has 6 nitrogen and oxygen atoms in total. The van der Waals surface area contributed by atoms with Crippen molar-refractivity contribution in [3.63, 3.8) is 0 Å². The first-order valence-corrected chi connectivity index (χ1v) is 5.60. The zero-order chi connectivity index (χ0) is 11.8. The van der Waals surface area contributed by atoms with Crippen LogP contribution in [-0.2, 0) is 14.3 Å². The highest BCUT2D eigenvalue weighted by molar-refractivity contribution is 6.00. The number of nitrogens with zero attached hydrogens (tertiary/aromatic N) is 3. The first-order chi connectivity index (χ1) is 8.31. The molecule has 3 rings (SSSR count). The number of carbonyl (C=O) groups is 1. The van der Waals surface area contributed by atoms with Crippen molar-refractivity contribution in [3.8, 4) is 0 Å². The van der Waals surface area contributed by atoms with Gasteiger partial charge in [-0.25, -0.2) is 0 Å². The number of azide groups is 1. The lowest BCUT2D eigenvalue weighted by atomic mass is 9.86. The number of hydrogen-bond acceptors (Lipinski definition) is 4. The Morgan fingerprint density at radius 1 is 1.47 bits per heavy atom. The summed E-state index contributed by atoms with van der Waals surface area (Å²) >= 11 is 0. The van der Waals surface area contributed by atoms with Crippen molar-refractivity contribution in [2.24, 2.45) is 11.0 Å². The Hall–Kier alpha value is -1.94. The van der Waals surface area contributed by atoms with E-state index in [-0.39, 0.29) is 12.4 Å². The molecule has 2 unspecified atom stereocenters. The third-order valence-corrected chi connectivity index (χ3v) is 3.26. The van der Waals surface area contributed by atoms with Crippen molar-refractivity contribution in [1.82, 2.24) is 0 Å². The van der Waals surface area contributed by atoms with Gasteiger partial charge in [0, 0.05) is 10.5 Å². The maximum atomic E-state index is 12.2. The number of Topliss-reactive ketones (excluding diaryl/α,β-unsaturated/α-hetero) is 1. The van der Waals surface area contributed by atoms with E-state index in [4.69, 9.17) is 15.0 Å². The summed E-state index contributed by atoms with van der Waals surface area (Å²) in [5.41, 5.74) is 9.38. The first-order valence-electron chi connectivity index (χ1n) is 5.60. The number of ether oxygens (including phenoxy) is 2. The SMILES string of the molecule is [N-]=[N+]=NC1COC2=CC3=C(OCCC3)C(=O)C21. The normalized spacial score (nSPS) is 30.6. The number of allylic oxidation sites excluding steroid dienone is 3. The lowest BCUT2D eigenvalue weighted by Gasteiger charge is -2.25. The monoisotopic (exact) mass is 233 g/mol. The van der Waals surface area contributed by atoms with Gasteiger partial charge in [-0.1, -0.05) is 5.11 Å². The van der Waals surface area contributed by atoms with E-state index in [1.807, 2.05) is 6.08 Å². The van der Waals surface area contributed by atoms with Crippen LogP contribution in [0.25, 0.3) is 10.4 Å². The average molecular weight is 233 g/mol. The van der Waals surface area contributed by atoms with Crippen LogP contribution >= 0.6 is 0 Å². The molecule has 0 spiro atoms. The molecule has 0 bridgehead atoms. The van der Waals surface area contributed by atoms with Crippen LogP contribution < -0.4 is 0 Å². The number of hydrogen-bond donors (Lipinski definition) is 0. The molecular formula is C11H11N3O3. The van der Waals surface area contributed by atoms with Gasteiger partial charge in [0.1, 0.15) is 5.76 Å². The minimum atomic E-state index is -0.484. The fraction of sp³-hybridized carbons (Fsp3) is 0.545. The Morgan fingerprint density at radius 3 is 3.18 bits per heavy atom. The van der Waals surface area contributed by atoms with Crippen LogP contribution in [0, 0.1) is 5.92 Å². The number of fused-ring (bicyclic) bond motifs is 1. The van der Waals surface area contributed by atoms with E-state index in [0.717, 1.165) is 18.4 Å². The Kier molecular flexibility index (Phi) is 2.30. The van der Waals surface area contributed by atoms with Crippen LogP contribution in [0.1, 0.15) is 12.8 Å². The van der Waals surface area contributed by atoms with Gasteiger partial charge in [0.15, 0.2) is 5.76 Å². The van der Waals surface area contributed by atoms with Crippen LogP contribution in [0.15, 0.2) is 28.3 Å². The Balaban J connectivity index is 1.99. The second-order valence-corrected chi connectivity index (χ2v) is 4.28. The lowest BCUT2D eigenvalue weighted by molar-refractivity contribution is -0.122. The van der Waals surface area contributed by atoms with Crippen LogP contribution in [0.2, 0.25) is 0 Å². The highest BCUT2D eigenvalue weighted by Gasteiger charge is 2.44. The van der Waals surface area contributed by atoms with Crippen LogP contribution in [-0.4, -0.2) is 25.0 Å². The molecule has 2 aliphatic heterocycles. The molecule has 2 heterocycles. The summed E-state index contributed by atoms with van der Waals surface area (Å²) in [5.74, 6) is 0.472. The third kappa shape index (κ3) is 1.49. The smallest absolute Gasteiger partial charge is 0.208 e. The van der Waals surface area contributed by atoms with Crippen LogP contribution in [0.4, 0.5) is 0 Å². The summed E-state index contributed by atoms with van der Waals surface area (Å²) in [6.07, 6.45) is 3.63. The quantitative estimate of drug-likeness (QED) is 0.393. The lowest BCUT2D eigenvalue weighted by Crippen LogP contribution is -2.30. The number of rotatable bonds is 1. The van der Waals surface area contributed by atoms with Crippen molar-refractivity contribution in [1.29, 1.82) is 0 Å². The molecule has 0 aromatic heterocycles. The summed E-state index contributed by atoms with van der Waals surface area (Å²) in [4.78, 5) is 15.0. The molecule has 1 saturated heterocycles. The van der Waals surface area contributed by atoms with Crippen molar-refractivity contribution in [2.45, 2.75) is 18.9 Å². The Morgan fingerprint density at radius 2 is 2.35 bits per heavy atom. The molecular weight excluding hydrogens is 222 g/mol. The molecule has 17 heavy (non-hydrogen) atoms. The second-order valence-electron chi connectivity index (χ2n) is 4.28. The predicted molar refractivity (Wildman–Crippen MR) is 57.7 cm³/mol. The molecule has 6 heteroatoms. The zero-order valence-electron chi connectivity index (χ0n) is 9.13. The highest BCUT2D eigenvalue weighted by Crippen LogP contribution is 2.38. The van der Waals surface area contributed by atoms with Gasteiger partial charge in [-0.05, 0) is 24.4 Å². The molecule has 1 aliphatic carbocycles. The predicted octanol–water partition coefficient (Wildman–Crippen LogP) is 1.84. The number of carbonyl (C=O) groups excluding carboxylic acids is 1. The van der Waals surface area contributed by atoms with Gasteiger partial charge >= 0.3 is 0 Å². The van der Waals surface area contributed by atoms with E-state index in [2.05, 4.69) is 10.0 Å². The molecule has 0 amide bonds. The standard InChI is InChI=1S/C11H11N3O3/c12-14-13-7-5-17-8-4-6-2-1-3-16-11(6)10(15)9(7)8/h4,7,9H,1-3,5H2. The summed E-state index contributed by atoms with van der Waals surface area (Å²) in [6.45, 7) is 0.848. The fourth-order valence-corrected chi connectivity index (χ4v) is 2.48. The van der Waals surface area contributed by atoms with Gasteiger partial charge in [0.05, 0.1) is 25.2 Å². The van der Waals surface area contributed by atoms with Crippen molar-refractivity contribution in [2.75, 3.05) is 13.2 Å². The molecule has 3 aliphatic rings. The highest BCUT2D eigenvalue weighted by atomic mass is 16.5. The Bertz CT molecular complexity index is 488. The Labute approximate surface area is 97.5 Å². The van der Waals surface area contributed by atoms with Gasteiger partial charge < -0.3 is 9.47 Å². The maximum absolute atomic E-state index is 12.2.